The Morgan fingerprint density at radius 2 is 1.06 bits per heavy atom. The van der Waals surface area contributed by atoms with Crippen LogP contribution in [0.3, 0.4) is 0 Å². The van der Waals surface area contributed by atoms with Crippen molar-refractivity contribution in [2.24, 2.45) is 0 Å². The first kappa shape index (κ1) is 8.74. The van der Waals surface area contributed by atoms with E-state index in [1.807, 2.05) is 0 Å². The lowest BCUT2D eigenvalue weighted by Crippen LogP contribution is -1.74. The van der Waals surface area contributed by atoms with E-state index in [1.165, 1.54) is 32.3 Å². The van der Waals surface area contributed by atoms with Crippen LogP contribution in [0.5, 0.6) is 0 Å². The fourth-order valence-corrected chi connectivity index (χ4v) is 3.94. The quantitative estimate of drug-likeness (QED) is 0.393. The van der Waals surface area contributed by atoms with E-state index in [9.17, 15) is 0 Å². The average Bonchev–Trinajstić information content (AvgIpc) is 2.96. The summed E-state index contributed by atoms with van der Waals surface area (Å²) in [4.78, 5) is 0. The molecule has 0 spiro atoms. The van der Waals surface area contributed by atoms with Crippen molar-refractivity contribution < 1.29 is 0 Å². The van der Waals surface area contributed by atoms with Crippen molar-refractivity contribution in [3.63, 3.8) is 0 Å². The topological polar surface area (TPSA) is 0 Å². The second-order valence-electron chi connectivity index (χ2n) is 3.98. The van der Waals surface area contributed by atoms with Gasteiger partial charge in [0.15, 0.2) is 0 Å². The standard InChI is InChI=1S/C14H8S2/c1-3-10-5-15-7-12(10)14-9(1)2-4-11-6-16-8-13(11)14/h1-8H. The third-order valence-corrected chi connectivity index (χ3v) is 4.62. The number of benzene rings is 2. The molecule has 4 rings (SSSR count). The van der Waals surface area contributed by atoms with Crippen LogP contribution >= 0.6 is 22.7 Å². The van der Waals surface area contributed by atoms with Crippen molar-refractivity contribution in [2.75, 3.05) is 0 Å². The molecule has 0 bridgehead atoms. The van der Waals surface area contributed by atoms with E-state index in [-0.39, 0.29) is 0 Å². The molecule has 0 aliphatic heterocycles. The highest BCUT2D eigenvalue weighted by atomic mass is 32.1. The minimum absolute atomic E-state index is 1.34. The molecule has 76 valence electrons. The van der Waals surface area contributed by atoms with E-state index in [2.05, 4.69) is 45.8 Å². The molecule has 0 atom stereocenters. The first-order valence-electron chi connectivity index (χ1n) is 5.17. The van der Waals surface area contributed by atoms with Gasteiger partial charge in [0, 0.05) is 10.8 Å². The van der Waals surface area contributed by atoms with Crippen LogP contribution in [-0.2, 0) is 0 Å². The second-order valence-corrected chi connectivity index (χ2v) is 5.47. The molecular weight excluding hydrogens is 232 g/mol. The van der Waals surface area contributed by atoms with Crippen molar-refractivity contribution in [2.45, 2.75) is 0 Å². The predicted octanol–water partition coefficient (Wildman–Crippen LogP) is 5.27. The first-order valence-corrected chi connectivity index (χ1v) is 7.05. The van der Waals surface area contributed by atoms with Gasteiger partial charge in [0.25, 0.3) is 0 Å². The Morgan fingerprint density at radius 3 is 1.62 bits per heavy atom. The Hall–Kier alpha value is -1.38. The van der Waals surface area contributed by atoms with E-state index in [1.54, 1.807) is 22.7 Å². The van der Waals surface area contributed by atoms with Crippen LogP contribution in [0, 0.1) is 0 Å². The van der Waals surface area contributed by atoms with E-state index in [4.69, 9.17) is 0 Å². The van der Waals surface area contributed by atoms with Gasteiger partial charge in [-0.2, -0.15) is 22.7 Å². The zero-order valence-corrected chi connectivity index (χ0v) is 10.1. The van der Waals surface area contributed by atoms with Gasteiger partial charge in [-0.05, 0) is 43.1 Å². The van der Waals surface area contributed by atoms with Gasteiger partial charge in [0.05, 0.1) is 0 Å². The van der Waals surface area contributed by atoms with Crippen molar-refractivity contribution in [3.8, 4) is 0 Å². The summed E-state index contributed by atoms with van der Waals surface area (Å²) >= 11 is 3.56. The lowest BCUT2D eigenvalue weighted by molar-refractivity contribution is 1.91. The number of hydrogen-bond acceptors (Lipinski definition) is 2. The third-order valence-electron chi connectivity index (χ3n) is 3.10. The fourth-order valence-electron chi connectivity index (χ4n) is 2.32. The summed E-state index contributed by atoms with van der Waals surface area (Å²) in [6, 6.07) is 8.88. The summed E-state index contributed by atoms with van der Waals surface area (Å²) in [5.41, 5.74) is 0. The van der Waals surface area contributed by atoms with Crippen molar-refractivity contribution in [1.29, 1.82) is 0 Å². The molecule has 0 amide bonds. The minimum Gasteiger partial charge on any atom is -0.151 e. The maximum Gasteiger partial charge on any atom is 0.000837 e. The smallest absolute Gasteiger partial charge is 0.000837 e. The molecule has 0 radical (unpaired) electrons. The molecule has 0 nitrogen and oxygen atoms in total. The van der Waals surface area contributed by atoms with Crippen molar-refractivity contribution >= 4 is 55.0 Å². The Kier molecular flexibility index (Phi) is 1.67. The minimum atomic E-state index is 1.34. The van der Waals surface area contributed by atoms with Gasteiger partial charge in [0.2, 0.25) is 0 Å². The van der Waals surface area contributed by atoms with E-state index >= 15 is 0 Å². The van der Waals surface area contributed by atoms with Gasteiger partial charge < -0.3 is 0 Å². The zero-order valence-electron chi connectivity index (χ0n) is 8.44. The molecule has 0 fully saturated rings. The normalized spacial score (nSPS) is 11.8. The van der Waals surface area contributed by atoms with Crippen LogP contribution in [0.1, 0.15) is 0 Å². The molecule has 0 saturated carbocycles. The predicted molar refractivity (Wildman–Crippen MR) is 74.7 cm³/mol. The molecule has 2 heteroatoms. The summed E-state index contributed by atoms with van der Waals surface area (Å²) in [5.74, 6) is 0. The molecule has 2 aromatic carbocycles. The van der Waals surface area contributed by atoms with Gasteiger partial charge in [-0.1, -0.05) is 24.3 Å². The van der Waals surface area contributed by atoms with Gasteiger partial charge in [-0.25, -0.2) is 0 Å². The molecule has 0 N–H and O–H groups in total. The molecule has 4 aromatic rings. The van der Waals surface area contributed by atoms with Crippen LogP contribution in [0.2, 0.25) is 0 Å². The Labute approximate surface area is 101 Å². The van der Waals surface area contributed by atoms with E-state index in [0.717, 1.165) is 0 Å². The van der Waals surface area contributed by atoms with Crippen molar-refractivity contribution in [3.05, 3.63) is 45.8 Å². The third kappa shape index (κ3) is 1.03. The Balaban J connectivity index is 2.44. The Bertz CT molecular complexity index is 740. The van der Waals surface area contributed by atoms with Crippen LogP contribution < -0.4 is 0 Å². The summed E-state index contributed by atoms with van der Waals surface area (Å²) in [6.07, 6.45) is 0. The summed E-state index contributed by atoms with van der Waals surface area (Å²) in [7, 11) is 0. The van der Waals surface area contributed by atoms with E-state index < -0.39 is 0 Å². The maximum atomic E-state index is 2.26. The lowest BCUT2D eigenvalue weighted by Gasteiger charge is -2.01. The van der Waals surface area contributed by atoms with Crippen LogP contribution in [0.25, 0.3) is 32.3 Å². The molecule has 2 aromatic heterocycles. The van der Waals surface area contributed by atoms with Crippen LogP contribution in [-0.4, -0.2) is 0 Å². The van der Waals surface area contributed by atoms with Gasteiger partial charge >= 0.3 is 0 Å². The average molecular weight is 240 g/mol. The lowest BCUT2D eigenvalue weighted by atomic mass is 10.0. The number of hydrogen-bond donors (Lipinski definition) is 0. The molecule has 0 unspecified atom stereocenters. The van der Waals surface area contributed by atoms with Gasteiger partial charge in [0.1, 0.15) is 0 Å². The highest BCUT2D eigenvalue weighted by Gasteiger charge is 2.05. The van der Waals surface area contributed by atoms with Gasteiger partial charge in [-0.15, -0.1) is 0 Å². The van der Waals surface area contributed by atoms with Crippen LogP contribution in [0.4, 0.5) is 0 Å². The SMILES string of the molecule is c1cc2ccc3cscc3c2c2cscc12. The summed E-state index contributed by atoms with van der Waals surface area (Å²) in [6.45, 7) is 0. The molecule has 0 saturated heterocycles. The molecule has 16 heavy (non-hydrogen) atoms. The van der Waals surface area contributed by atoms with E-state index in [0.29, 0.717) is 0 Å². The number of fused-ring (bicyclic) bond motifs is 5. The largest absolute Gasteiger partial charge is 0.151 e. The number of rotatable bonds is 0. The van der Waals surface area contributed by atoms with Crippen molar-refractivity contribution in [1.82, 2.24) is 0 Å². The first-order chi connectivity index (χ1) is 7.93. The highest BCUT2D eigenvalue weighted by molar-refractivity contribution is 7.10. The molecule has 0 aliphatic carbocycles. The molecule has 0 aliphatic rings. The summed E-state index contributed by atoms with van der Waals surface area (Å²) in [5, 5.41) is 17.2. The van der Waals surface area contributed by atoms with Crippen LogP contribution in [0.15, 0.2) is 45.8 Å². The number of thiophene rings is 2. The summed E-state index contributed by atoms with van der Waals surface area (Å²) < 4.78 is 0. The van der Waals surface area contributed by atoms with Gasteiger partial charge in [-0.3, -0.25) is 0 Å². The highest BCUT2D eigenvalue weighted by Crippen LogP contribution is 2.35. The Morgan fingerprint density at radius 1 is 0.562 bits per heavy atom. The molecule has 2 heterocycles. The molecular formula is C14H8S2. The zero-order chi connectivity index (χ0) is 10.5. The maximum absolute atomic E-state index is 2.26. The second kappa shape index (κ2) is 3.06. The fraction of sp³-hybridized carbons (Fsp3) is 0. The monoisotopic (exact) mass is 240 g/mol.